The van der Waals surface area contributed by atoms with Crippen LogP contribution in [-0.4, -0.2) is 54.8 Å². The number of rotatable bonds is 7. The Hall–Kier alpha value is -1.14. The van der Waals surface area contributed by atoms with Crippen molar-refractivity contribution in [1.82, 2.24) is 9.47 Å². The highest BCUT2D eigenvalue weighted by Crippen LogP contribution is 2.38. The van der Waals surface area contributed by atoms with E-state index in [1.165, 1.54) is 19.1 Å². The van der Waals surface area contributed by atoms with E-state index in [0.717, 1.165) is 17.0 Å². The summed E-state index contributed by atoms with van der Waals surface area (Å²) < 4.78 is 25.7. The van der Waals surface area contributed by atoms with Gasteiger partial charge in [-0.25, -0.2) is 8.42 Å². The number of hydrogen-bond acceptors (Lipinski definition) is 4. The maximum atomic E-state index is 12.7. The van der Waals surface area contributed by atoms with E-state index in [9.17, 15) is 13.2 Å². The molecule has 5 nitrogen and oxygen atoms in total. The van der Waals surface area contributed by atoms with Crippen LogP contribution in [0.3, 0.4) is 0 Å². The molecule has 0 aliphatic heterocycles. The minimum atomic E-state index is -3.12. The highest BCUT2D eigenvalue weighted by molar-refractivity contribution is 7.91. The first-order valence-corrected chi connectivity index (χ1v) is 10.1. The Morgan fingerprint density at radius 1 is 1.35 bits per heavy atom. The molecule has 0 amide bonds. The molecule has 23 heavy (non-hydrogen) atoms. The van der Waals surface area contributed by atoms with E-state index in [-0.39, 0.29) is 18.4 Å². The van der Waals surface area contributed by atoms with Crippen LogP contribution in [0.25, 0.3) is 0 Å². The van der Waals surface area contributed by atoms with E-state index in [1.54, 1.807) is 6.92 Å². The molecule has 1 heterocycles. The first kappa shape index (κ1) is 18.2. The minimum absolute atomic E-state index is 0.0556. The second kappa shape index (κ2) is 6.40. The number of carbonyl (C=O) groups is 1. The fraction of sp³-hybridized carbons (Fsp3) is 0.706. The highest BCUT2D eigenvalue weighted by Gasteiger charge is 2.30. The third-order valence-corrected chi connectivity index (χ3v) is 6.88. The maximum absolute atomic E-state index is 12.7. The normalized spacial score (nSPS) is 18.2. The monoisotopic (exact) mass is 340 g/mol. The maximum Gasteiger partial charge on any atom is 0.178 e. The van der Waals surface area contributed by atoms with Gasteiger partial charge >= 0.3 is 0 Å². The average Bonchev–Trinajstić information content (AvgIpc) is 3.22. The molecule has 0 saturated heterocycles. The summed E-state index contributed by atoms with van der Waals surface area (Å²) in [5.74, 6) is 0.0556. The van der Waals surface area contributed by atoms with Gasteiger partial charge in [-0.1, -0.05) is 0 Å². The molecule has 1 aliphatic carbocycles. The molecule has 0 aromatic carbocycles. The molecule has 1 fully saturated rings. The molecule has 1 aromatic heterocycles. The fourth-order valence-electron chi connectivity index (χ4n) is 3.13. The highest BCUT2D eigenvalue weighted by atomic mass is 32.2. The van der Waals surface area contributed by atoms with Crippen LogP contribution in [0.15, 0.2) is 6.07 Å². The number of nitrogens with zero attached hydrogens (tertiary/aromatic N) is 2. The molecule has 2 rings (SSSR count). The molecule has 0 unspecified atom stereocenters. The zero-order valence-electron chi connectivity index (χ0n) is 15.0. The molecule has 2 atom stereocenters. The standard InChI is InChI=1S/C17H28N2O3S/c1-11-9-16(13(3)19(11)15-7-8-15)17(20)10-18(5)12(2)14(4)23(6,21)22/h9,12,14-15H,7-8,10H2,1-6H3/t12-,14+/m0/s1. The van der Waals surface area contributed by atoms with Crippen LogP contribution < -0.4 is 0 Å². The predicted octanol–water partition coefficient (Wildman–Crippen LogP) is 2.38. The molecule has 0 radical (unpaired) electrons. The molecule has 0 N–H and O–H groups in total. The van der Waals surface area contributed by atoms with Gasteiger partial charge < -0.3 is 4.57 Å². The fourth-order valence-corrected chi connectivity index (χ4v) is 4.05. The summed E-state index contributed by atoms with van der Waals surface area (Å²) in [5.41, 5.74) is 2.93. The molecular weight excluding hydrogens is 312 g/mol. The van der Waals surface area contributed by atoms with Crippen LogP contribution >= 0.6 is 0 Å². The number of Topliss-reactive ketones (excluding diaryl/α,β-unsaturated/α-hetero) is 1. The van der Waals surface area contributed by atoms with Gasteiger partial charge in [-0.05, 0) is 53.7 Å². The lowest BCUT2D eigenvalue weighted by Crippen LogP contribution is -2.43. The van der Waals surface area contributed by atoms with E-state index >= 15 is 0 Å². The van der Waals surface area contributed by atoms with E-state index in [0.29, 0.717) is 6.04 Å². The van der Waals surface area contributed by atoms with E-state index < -0.39 is 15.1 Å². The van der Waals surface area contributed by atoms with Crippen molar-refractivity contribution in [3.05, 3.63) is 23.0 Å². The molecule has 0 spiro atoms. The van der Waals surface area contributed by atoms with E-state index in [4.69, 9.17) is 0 Å². The molecule has 1 aromatic rings. The van der Waals surface area contributed by atoms with Crippen LogP contribution in [0.1, 0.15) is 54.5 Å². The number of sulfone groups is 1. The predicted molar refractivity (Wildman–Crippen MR) is 92.9 cm³/mol. The Morgan fingerprint density at radius 3 is 2.39 bits per heavy atom. The van der Waals surface area contributed by atoms with Gasteiger partial charge in [-0.15, -0.1) is 0 Å². The van der Waals surface area contributed by atoms with Crippen molar-refractivity contribution in [1.29, 1.82) is 0 Å². The summed E-state index contributed by atoms with van der Waals surface area (Å²) in [5, 5.41) is -0.501. The van der Waals surface area contributed by atoms with Crippen LogP contribution in [0.5, 0.6) is 0 Å². The van der Waals surface area contributed by atoms with Gasteiger partial charge in [-0.2, -0.15) is 0 Å². The number of hydrogen-bond donors (Lipinski definition) is 0. The summed E-state index contributed by atoms with van der Waals surface area (Å²) in [6.07, 6.45) is 3.62. The van der Waals surface area contributed by atoms with Crippen molar-refractivity contribution in [2.45, 2.75) is 57.9 Å². The van der Waals surface area contributed by atoms with Crippen molar-refractivity contribution in [3.63, 3.8) is 0 Å². The number of likely N-dealkylation sites (N-methyl/N-ethyl adjacent to an activating group) is 1. The summed E-state index contributed by atoms with van der Waals surface area (Å²) in [6, 6.07) is 2.31. The summed E-state index contributed by atoms with van der Waals surface area (Å²) in [4.78, 5) is 14.5. The Morgan fingerprint density at radius 2 is 1.91 bits per heavy atom. The molecule has 130 valence electrons. The van der Waals surface area contributed by atoms with E-state index in [2.05, 4.69) is 4.57 Å². The average molecular weight is 340 g/mol. The van der Waals surface area contributed by atoms with Gasteiger partial charge in [0.25, 0.3) is 0 Å². The number of ketones is 1. The lowest BCUT2D eigenvalue weighted by Gasteiger charge is -2.28. The minimum Gasteiger partial charge on any atom is -0.345 e. The van der Waals surface area contributed by atoms with Gasteiger partial charge in [0.15, 0.2) is 15.6 Å². The summed E-state index contributed by atoms with van der Waals surface area (Å²) >= 11 is 0. The van der Waals surface area contributed by atoms with E-state index in [1.807, 2.05) is 38.8 Å². The molecule has 0 bridgehead atoms. The second-order valence-corrected chi connectivity index (χ2v) is 9.40. The Labute approximate surface area is 139 Å². The topological polar surface area (TPSA) is 59.4 Å². The molecular formula is C17H28N2O3S. The quantitative estimate of drug-likeness (QED) is 0.715. The third-order valence-electron chi connectivity index (χ3n) is 5.14. The van der Waals surface area contributed by atoms with Gasteiger partial charge in [0, 0.05) is 35.3 Å². The van der Waals surface area contributed by atoms with Gasteiger partial charge in [0.1, 0.15) is 0 Å². The number of carbonyl (C=O) groups excluding carboxylic acids is 1. The van der Waals surface area contributed by atoms with Crippen LogP contribution in [0.2, 0.25) is 0 Å². The van der Waals surface area contributed by atoms with Crippen LogP contribution in [0.4, 0.5) is 0 Å². The van der Waals surface area contributed by atoms with Gasteiger partial charge in [0.2, 0.25) is 0 Å². The Balaban J connectivity index is 2.11. The largest absolute Gasteiger partial charge is 0.345 e. The van der Waals surface area contributed by atoms with Crippen molar-refractivity contribution >= 4 is 15.6 Å². The number of aromatic nitrogens is 1. The first-order valence-electron chi connectivity index (χ1n) is 8.14. The molecule has 1 aliphatic rings. The van der Waals surface area contributed by atoms with Crippen molar-refractivity contribution in [2.24, 2.45) is 0 Å². The Bertz CT molecular complexity index is 702. The summed E-state index contributed by atoms with van der Waals surface area (Å²) in [6.45, 7) is 7.82. The smallest absolute Gasteiger partial charge is 0.178 e. The van der Waals surface area contributed by atoms with Crippen LogP contribution in [-0.2, 0) is 9.84 Å². The van der Waals surface area contributed by atoms with Gasteiger partial charge in [-0.3, -0.25) is 9.69 Å². The van der Waals surface area contributed by atoms with Crippen molar-refractivity contribution < 1.29 is 13.2 Å². The lowest BCUT2D eigenvalue weighted by atomic mass is 10.1. The van der Waals surface area contributed by atoms with Crippen molar-refractivity contribution in [3.8, 4) is 0 Å². The SMILES string of the molecule is Cc1cc(C(=O)CN(C)[C@@H](C)[C@@H](C)S(C)(=O)=O)c(C)n1C1CC1. The third kappa shape index (κ3) is 3.86. The van der Waals surface area contributed by atoms with Crippen molar-refractivity contribution in [2.75, 3.05) is 19.8 Å². The second-order valence-electron chi connectivity index (χ2n) is 7.00. The summed E-state index contributed by atoms with van der Waals surface area (Å²) in [7, 11) is -1.31. The first-order chi connectivity index (χ1) is 10.5. The zero-order chi connectivity index (χ0) is 17.5. The molecule has 6 heteroatoms. The Kier molecular flexibility index (Phi) is 5.06. The van der Waals surface area contributed by atoms with Crippen LogP contribution in [0, 0.1) is 13.8 Å². The lowest BCUT2D eigenvalue weighted by molar-refractivity contribution is 0.0923. The zero-order valence-corrected chi connectivity index (χ0v) is 15.8. The molecule has 1 saturated carbocycles. The van der Waals surface area contributed by atoms with Gasteiger partial charge in [0.05, 0.1) is 11.8 Å². The number of aryl methyl sites for hydroxylation is 1.